The summed E-state index contributed by atoms with van der Waals surface area (Å²) in [4.78, 5) is 2.23. The second-order valence-electron chi connectivity index (χ2n) is 5.29. The molecule has 0 saturated carbocycles. The SMILES string of the molecule is COC1CCCN(CC(O)COc2ccc(N)cc2)C1. The Morgan fingerprint density at radius 1 is 1.40 bits per heavy atom. The minimum Gasteiger partial charge on any atom is -0.491 e. The second-order valence-corrected chi connectivity index (χ2v) is 5.29. The first-order chi connectivity index (χ1) is 9.67. The van der Waals surface area contributed by atoms with Crippen molar-refractivity contribution < 1.29 is 14.6 Å². The number of methoxy groups -OCH3 is 1. The maximum atomic E-state index is 10.0. The number of anilines is 1. The number of aliphatic hydroxyl groups excluding tert-OH is 1. The van der Waals surface area contributed by atoms with Gasteiger partial charge in [0.15, 0.2) is 0 Å². The Balaban J connectivity index is 1.72. The molecule has 5 heteroatoms. The van der Waals surface area contributed by atoms with Gasteiger partial charge in [-0.05, 0) is 43.7 Å². The summed E-state index contributed by atoms with van der Waals surface area (Å²) >= 11 is 0. The summed E-state index contributed by atoms with van der Waals surface area (Å²) < 4.78 is 10.9. The molecular weight excluding hydrogens is 256 g/mol. The Morgan fingerprint density at radius 2 is 2.15 bits per heavy atom. The molecule has 0 aliphatic carbocycles. The van der Waals surface area contributed by atoms with Gasteiger partial charge in [-0.3, -0.25) is 4.90 Å². The van der Waals surface area contributed by atoms with Crippen molar-refractivity contribution in [2.45, 2.75) is 25.0 Å². The summed E-state index contributed by atoms with van der Waals surface area (Å²) in [7, 11) is 1.74. The Morgan fingerprint density at radius 3 is 2.85 bits per heavy atom. The number of hydrogen-bond acceptors (Lipinski definition) is 5. The van der Waals surface area contributed by atoms with E-state index in [0.717, 1.165) is 31.7 Å². The number of nitrogen functional groups attached to an aromatic ring is 1. The van der Waals surface area contributed by atoms with Crippen molar-refractivity contribution in [1.82, 2.24) is 4.90 Å². The van der Waals surface area contributed by atoms with Gasteiger partial charge in [-0.1, -0.05) is 0 Å². The molecule has 2 unspecified atom stereocenters. The number of aliphatic hydroxyl groups is 1. The van der Waals surface area contributed by atoms with Gasteiger partial charge >= 0.3 is 0 Å². The second kappa shape index (κ2) is 7.47. The number of hydrogen-bond donors (Lipinski definition) is 2. The van der Waals surface area contributed by atoms with Crippen molar-refractivity contribution >= 4 is 5.69 Å². The highest BCUT2D eigenvalue weighted by molar-refractivity contribution is 5.41. The summed E-state index contributed by atoms with van der Waals surface area (Å²) in [5.41, 5.74) is 6.31. The molecule has 0 bridgehead atoms. The maximum Gasteiger partial charge on any atom is 0.119 e. The van der Waals surface area contributed by atoms with E-state index in [-0.39, 0.29) is 12.7 Å². The number of likely N-dealkylation sites (tertiary alicyclic amines) is 1. The molecule has 5 nitrogen and oxygen atoms in total. The number of nitrogens with two attached hydrogens (primary N) is 1. The van der Waals surface area contributed by atoms with Gasteiger partial charge < -0.3 is 20.3 Å². The van der Waals surface area contributed by atoms with Gasteiger partial charge in [0.1, 0.15) is 18.5 Å². The van der Waals surface area contributed by atoms with Crippen molar-refractivity contribution in [2.75, 3.05) is 39.1 Å². The molecule has 1 aromatic carbocycles. The zero-order valence-electron chi connectivity index (χ0n) is 12.0. The topological polar surface area (TPSA) is 68.0 Å². The predicted molar refractivity (Wildman–Crippen MR) is 78.8 cm³/mol. The van der Waals surface area contributed by atoms with Crippen LogP contribution in [0.3, 0.4) is 0 Å². The molecule has 1 saturated heterocycles. The van der Waals surface area contributed by atoms with E-state index in [4.69, 9.17) is 15.2 Å². The van der Waals surface area contributed by atoms with Crippen LogP contribution in [0.1, 0.15) is 12.8 Å². The lowest BCUT2D eigenvalue weighted by atomic mass is 10.1. The van der Waals surface area contributed by atoms with E-state index in [0.29, 0.717) is 12.2 Å². The number of ether oxygens (including phenoxy) is 2. The molecule has 3 N–H and O–H groups in total. The molecule has 1 aliphatic heterocycles. The molecule has 1 aliphatic rings. The van der Waals surface area contributed by atoms with Crippen LogP contribution in [-0.2, 0) is 4.74 Å². The van der Waals surface area contributed by atoms with Gasteiger partial charge in [0.2, 0.25) is 0 Å². The van der Waals surface area contributed by atoms with Gasteiger partial charge in [0.05, 0.1) is 6.10 Å². The Kier molecular flexibility index (Phi) is 5.64. The van der Waals surface area contributed by atoms with E-state index < -0.39 is 6.10 Å². The molecule has 0 amide bonds. The van der Waals surface area contributed by atoms with Crippen LogP contribution in [0.15, 0.2) is 24.3 Å². The Bertz CT molecular complexity index is 397. The third-order valence-electron chi connectivity index (χ3n) is 3.59. The molecule has 0 aromatic heterocycles. The minimum absolute atomic E-state index is 0.286. The fraction of sp³-hybridized carbons (Fsp3) is 0.600. The summed E-state index contributed by atoms with van der Waals surface area (Å²) in [5, 5.41) is 10.0. The lowest BCUT2D eigenvalue weighted by Gasteiger charge is -2.33. The summed E-state index contributed by atoms with van der Waals surface area (Å²) in [5.74, 6) is 0.728. The van der Waals surface area contributed by atoms with Crippen molar-refractivity contribution in [3.63, 3.8) is 0 Å². The van der Waals surface area contributed by atoms with Gasteiger partial charge in [0.25, 0.3) is 0 Å². The number of β-amino-alcohol motifs (C(OH)–C–C–N with tert-alkyl or cyclic N) is 1. The molecule has 1 fully saturated rings. The first kappa shape index (κ1) is 15.1. The van der Waals surface area contributed by atoms with Gasteiger partial charge in [-0.2, -0.15) is 0 Å². The van der Waals surface area contributed by atoms with Gasteiger partial charge in [-0.15, -0.1) is 0 Å². The van der Waals surface area contributed by atoms with Crippen LogP contribution < -0.4 is 10.5 Å². The van der Waals surface area contributed by atoms with Crippen molar-refractivity contribution in [3.8, 4) is 5.75 Å². The van der Waals surface area contributed by atoms with Gasteiger partial charge in [0, 0.05) is 25.9 Å². The summed E-state index contributed by atoms with van der Waals surface area (Å²) in [6.07, 6.45) is 2.01. The molecular formula is C15H24N2O3. The maximum absolute atomic E-state index is 10.0. The number of rotatable bonds is 6. The van der Waals surface area contributed by atoms with Crippen LogP contribution in [-0.4, -0.2) is 55.6 Å². The first-order valence-electron chi connectivity index (χ1n) is 7.09. The molecule has 0 radical (unpaired) electrons. The predicted octanol–water partition coefficient (Wildman–Crippen LogP) is 1.12. The zero-order chi connectivity index (χ0) is 14.4. The molecule has 1 aromatic rings. The standard InChI is InChI=1S/C15H24N2O3/c1-19-15-3-2-8-17(10-15)9-13(18)11-20-14-6-4-12(16)5-7-14/h4-7,13,15,18H,2-3,8-11,16H2,1H3. The smallest absolute Gasteiger partial charge is 0.119 e. The van der Waals surface area contributed by atoms with E-state index >= 15 is 0 Å². The average Bonchev–Trinajstić information content (AvgIpc) is 2.47. The van der Waals surface area contributed by atoms with Crippen LogP contribution in [0.2, 0.25) is 0 Å². The van der Waals surface area contributed by atoms with E-state index in [1.807, 2.05) is 12.1 Å². The van der Waals surface area contributed by atoms with Crippen LogP contribution in [0.5, 0.6) is 5.75 Å². The first-order valence-corrected chi connectivity index (χ1v) is 7.09. The highest BCUT2D eigenvalue weighted by atomic mass is 16.5. The summed E-state index contributed by atoms with van der Waals surface area (Å²) in [6, 6.07) is 7.19. The largest absolute Gasteiger partial charge is 0.491 e. The lowest BCUT2D eigenvalue weighted by Crippen LogP contribution is -2.44. The van der Waals surface area contributed by atoms with Crippen LogP contribution in [0.25, 0.3) is 0 Å². The normalized spacial score (nSPS) is 21.6. The fourth-order valence-electron chi connectivity index (χ4n) is 2.48. The highest BCUT2D eigenvalue weighted by Gasteiger charge is 2.21. The molecule has 20 heavy (non-hydrogen) atoms. The zero-order valence-corrected chi connectivity index (χ0v) is 12.0. The minimum atomic E-state index is -0.497. The van der Waals surface area contributed by atoms with E-state index in [9.17, 15) is 5.11 Å². The van der Waals surface area contributed by atoms with Crippen molar-refractivity contribution in [3.05, 3.63) is 24.3 Å². The van der Waals surface area contributed by atoms with Crippen LogP contribution >= 0.6 is 0 Å². The highest BCUT2D eigenvalue weighted by Crippen LogP contribution is 2.15. The van der Waals surface area contributed by atoms with Crippen LogP contribution in [0, 0.1) is 0 Å². The molecule has 2 rings (SSSR count). The number of piperidine rings is 1. The Labute approximate surface area is 120 Å². The third-order valence-corrected chi connectivity index (χ3v) is 3.59. The van der Waals surface area contributed by atoms with Gasteiger partial charge in [-0.25, -0.2) is 0 Å². The lowest BCUT2D eigenvalue weighted by molar-refractivity contribution is 0.00445. The monoisotopic (exact) mass is 280 g/mol. The molecule has 112 valence electrons. The molecule has 1 heterocycles. The van der Waals surface area contributed by atoms with Crippen molar-refractivity contribution in [1.29, 1.82) is 0 Å². The average molecular weight is 280 g/mol. The Hall–Kier alpha value is -1.30. The quantitative estimate of drug-likeness (QED) is 0.764. The number of benzene rings is 1. The summed E-state index contributed by atoms with van der Waals surface area (Å²) in [6.45, 7) is 2.81. The fourth-order valence-corrected chi connectivity index (χ4v) is 2.48. The number of nitrogens with zero attached hydrogens (tertiary/aromatic N) is 1. The van der Waals surface area contributed by atoms with E-state index in [1.54, 1.807) is 19.2 Å². The third kappa shape index (κ3) is 4.67. The van der Waals surface area contributed by atoms with Crippen molar-refractivity contribution in [2.24, 2.45) is 0 Å². The van der Waals surface area contributed by atoms with Crippen LogP contribution in [0.4, 0.5) is 5.69 Å². The van der Waals surface area contributed by atoms with E-state index in [1.165, 1.54) is 0 Å². The van der Waals surface area contributed by atoms with E-state index in [2.05, 4.69) is 4.90 Å². The molecule has 2 atom stereocenters. The molecule has 0 spiro atoms.